The molecule has 0 unspecified atom stereocenters. The number of aryl methyl sites for hydroxylation is 1. The molecule has 3 aromatic heterocycles. The van der Waals surface area contributed by atoms with Gasteiger partial charge < -0.3 is 4.74 Å². The molecule has 11 aromatic carbocycles. The topological polar surface area (TPSA) is 35.9 Å². The van der Waals surface area contributed by atoms with Gasteiger partial charge in [-0.3, -0.25) is 13.7 Å². The highest BCUT2D eigenvalue weighted by molar-refractivity contribution is 7.19. The quantitative estimate of drug-likeness (QED) is 0.0529. The van der Waals surface area contributed by atoms with E-state index in [1.807, 2.05) is 6.07 Å². The van der Waals surface area contributed by atoms with Crippen LogP contribution < -0.4 is 30.1 Å². The molecule has 0 spiro atoms. The maximum absolute atomic E-state index is 10.8. The van der Waals surface area contributed by atoms with Crippen molar-refractivity contribution >= 4 is 61.7 Å². The fraction of sp³-hybridized carbons (Fsp3) is 0.0137. The van der Waals surface area contributed by atoms with Gasteiger partial charge in [-0.1, -0.05) is 242 Å². The van der Waals surface area contributed by atoms with E-state index in [0.29, 0.717) is 33.0 Å². The highest BCUT2D eigenvalue weighted by Gasteiger charge is 2.41. The van der Waals surface area contributed by atoms with Crippen LogP contribution in [0.4, 0.5) is 0 Å². The minimum Gasteiger partial charge on any atom is -0.458 e. The number of pyridine rings is 1. The van der Waals surface area contributed by atoms with Crippen LogP contribution in [0.25, 0.3) is 83.4 Å². The zero-order chi connectivity index (χ0) is 80.4. The Morgan fingerprint density at radius 3 is 1.72 bits per heavy atom. The first-order valence-corrected chi connectivity index (χ1v) is 26.2. The van der Waals surface area contributed by atoms with Crippen LogP contribution in [0.5, 0.6) is 11.5 Å². The summed E-state index contributed by atoms with van der Waals surface area (Å²) in [4.78, 5) is 4.68. The molecule has 0 fully saturated rings. The molecule has 0 saturated heterocycles. The molecule has 0 saturated carbocycles. The van der Waals surface area contributed by atoms with Crippen molar-refractivity contribution in [1.82, 2.24) is 14.1 Å². The number of fused-ring (bicyclic) bond motifs is 4. The van der Waals surface area contributed by atoms with E-state index < -0.39 is 222 Å². The molecule has 0 N–H and O–H groups in total. The molecule has 0 bridgehead atoms. The van der Waals surface area contributed by atoms with Crippen LogP contribution in [0.3, 0.4) is 0 Å². The molecular formula is C73H52N4OSi. The van der Waals surface area contributed by atoms with Crippen molar-refractivity contribution in [3.8, 4) is 62.1 Å². The lowest BCUT2D eigenvalue weighted by Gasteiger charge is -2.34. The highest BCUT2D eigenvalue weighted by atomic mass is 28.3. The van der Waals surface area contributed by atoms with E-state index in [1.54, 1.807) is 89.5 Å². The molecule has 3 heterocycles. The van der Waals surface area contributed by atoms with Crippen molar-refractivity contribution in [3.05, 3.63) is 309 Å². The number of para-hydroxylation sites is 4. The summed E-state index contributed by atoms with van der Waals surface area (Å²) in [5.41, 5.74) is -1.28. The van der Waals surface area contributed by atoms with Crippen LogP contribution in [0.1, 0.15) is 49.4 Å². The Morgan fingerprint density at radius 1 is 0.481 bits per heavy atom. The maximum Gasteiger partial charge on any atom is 0.269 e. The summed E-state index contributed by atoms with van der Waals surface area (Å²) in [6.07, 6.45) is 4.47. The second-order valence-corrected chi connectivity index (χ2v) is 21.2. The third kappa shape index (κ3) is 8.34. The summed E-state index contributed by atoms with van der Waals surface area (Å²) in [7, 11) is -6.41. The predicted octanol–water partition coefficient (Wildman–Crippen LogP) is 14.7. The third-order valence-electron chi connectivity index (χ3n) is 13.3. The molecule has 0 atom stereocenters. The van der Waals surface area contributed by atoms with Crippen molar-refractivity contribution in [2.24, 2.45) is 0 Å². The summed E-state index contributed by atoms with van der Waals surface area (Å²) in [5.74, 6) is 0.496. The number of nitrogens with zero attached hydrogens (tertiary/aromatic N) is 4. The fourth-order valence-electron chi connectivity index (χ4n) is 9.95. The zero-order valence-electron chi connectivity index (χ0n) is 72.7. The number of imidazole rings is 1. The molecule has 79 heavy (non-hydrogen) atoms. The molecule has 14 aromatic rings. The number of aromatic nitrogens is 4. The average molecular weight is 1060 g/mol. The normalized spacial score (nSPS) is 17.5. The average Bonchev–Trinajstić information content (AvgIpc) is 1.50. The van der Waals surface area contributed by atoms with Gasteiger partial charge in [0.2, 0.25) is 0 Å². The second kappa shape index (κ2) is 20.1. The summed E-state index contributed by atoms with van der Waals surface area (Å²) in [5, 5.41) is -2.97. The van der Waals surface area contributed by atoms with Crippen LogP contribution in [-0.2, 0) is 0 Å². The molecule has 0 aliphatic carbocycles. The predicted molar refractivity (Wildman–Crippen MR) is 327 cm³/mol. The lowest BCUT2D eigenvalue weighted by molar-refractivity contribution is -0.571. The van der Waals surface area contributed by atoms with Gasteiger partial charge in [-0.05, 0) is 103 Å². The summed E-state index contributed by atoms with van der Waals surface area (Å²) < 4.78 is 305. The highest BCUT2D eigenvalue weighted by Crippen LogP contribution is 2.38. The van der Waals surface area contributed by atoms with Gasteiger partial charge in [0.05, 0.1) is 73.2 Å². The van der Waals surface area contributed by atoms with E-state index in [9.17, 15) is 16.4 Å². The van der Waals surface area contributed by atoms with Gasteiger partial charge in [0, 0.05) is 32.7 Å². The molecular weight excluding hydrogens is 977 g/mol. The fourth-order valence-corrected chi connectivity index (χ4v) is 13.5. The van der Waals surface area contributed by atoms with Crippen LogP contribution in [-0.4, -0.2) is 22.2 Å². The van der Waals surface area contributed by atoms with Crippen molar-refractivity contribution in [3.63, 3.8) is 0 Å². The SMILES string of the molecule is [2H]c1c([2H])c([2H])c(-c2cnc(-n3c4ccccc4c4ccc(Oc5cccc(-n6[c-][n+](-c7c(-c8c([2H])c([2H])c([2H])c([2H])c8[2H])cccc7-c7c([2H])c([2H])c([2H])c([Si](c8c([2H])c([2H])c([2H])c([2H])c8[2H])(c8c([2H])c([2H])c([2H])c([2H])c8[2H])c8c([2H])c([2H])c([2H])c([2H])c8[2H])c7[2H])c7ccccc76)c5)cc43)cc2C([2H])([2H])[2H])c([2H])c1[2H]. The number of ether oxygens (including phenoxy) is 1. The Morgan fingerprint density at radius 2 is 1.04 bits per heavy atom. The second-order valence-electron chi connectivity index (χ2n) is 17.7. The number of benzene rings is 11. The Hall–Kier alpha value is -10.1. The number of rotatable bonds is 12. The standard InChI is InChI=1S/C73H52N4OSi/c1-52-46-72(74-50-67(52)54-26-9-3-10-27-54)77-68-41-18-17-38-65(68)66-45-44-58(49-71(66)77)78-57-30-22-29-56(48-57)75-51-76(70-43-20-19-42-69(70)75)73-63(53-24-7-2-8-25-53)39-23-40-64(73)55-28-21-37-62(47-55)79(59-31-11-4-12-32-59,60-33-13-5-14-34-60)61-35-15-6-16-36-61/h2-50H,1H3/i1D3,2D,3D,4D,5D,6D,7D,8D,9D,10D,11D,12D,13D,14D,15D,16D,21D,24D,25D,26D,27D,28D,31D,32D,33D,34D,35D,36D,37D,47D. The lowest BCUT2D eigenvalue weighted by Crippen LogP contribution is -2.74. The van der Waals surface area contributed by atoms with Gasteiger partial charge in [-0.2, -0.15) is 0 Å². The summed E-state index contributed by atoms with van der Waals surface area (Å²) in [6.45, 7) is -2.91. The van der Waals surface area contributed by atoms with E-state index in [2.05, 4.69) is 11.3 Å². The zero-order valence-corrected chi connectivity index (χ0v) is 41.7. The van der Waals surface area contributed by atoms with Crippen LogP contribution in [0.15, 0.2) is 297 Å². The number of hydrogen-bond donors (Lipinski definition) is 0. The van der Waals surface area contributed by atoms with E-state index in [-0.39, 0.29) is 56.3 Å². The van der Waals surface area contributed by atoms with Crippen molar-refractivity contribution in [2.75, 3.05) is 0 Å². The molecule has 0 amide bonds. The third-order valence-corrected chi connectivity index (χ3v) is 17.3. The van der Waals surface area contributed by atoms with Gasteiger partial charge >= 0.3 is 0 Å². The smallest absolute Gasteiger partial charge is 0.269 e. The summed E-state index contributed by atoms with van der Waals surface area (Å²) >= 11 is 0. The molecule has 14 rings (SSSR count). The number of hydrogen-bond acceptors (Lipinski definition) is 2. The molecule has 0 aliphatic heterocycles. The van der Waals surface area contributed by atoms with Crippen LogP contribution in [0, 0.1) is 13.2 Å². The van der Waals surface area contributed by atoms with E-state index in [4.69, 9.17) is 32.2 Å². The molecule has 6 heteroatoms. The largest absolute Gasteiger partial charge is 0.458 e. The first-order chi connectivity index (χ1) is 52.3. The van der Waals surface area contributed by atoms with E-state index in [0.717, 1.165) is 6.20 Å². The van der Waals surface area contributed by atoms with E-state index >= 15 is 0 Å². The minimum absolute atomic E-state index is 0.0825. The van der Waals surface area contributed by atoms with Gasteiger partial charge in [-0.25, -0.2) is 4.98 Å². The first-order valence-electron chi connectivity index (χ1n) is 40.2. The van der Waals surface area contributed by atoms with Gasteiger partial charge in [0.15, 0.2) is 8.07 Å². The van der Waals surface area contributed by atoms with E-state index in [1.165, 1.54) is 33.4 Å². The monoisotopic (exact) mass is 1060 g/mol. The molecule has 0 radical (unpaired) electrons. The Labute approximate surface area is 505 Å². The van der Waals surface area contributed by atoms with Crippen LogP contribution in [0.2, 0.25) is 0 Å². The molecule has 5 nitrogen and oxygen atoms in total. The van der Waals surface area contributed by atoms with Crippen molar-refractivity contribution in [1.29, 1.82) is 0 Å². The van der Waals surface area contributed by atoms with Crippen molar-refractivity contribution < 1.29 is 53.2 Å². The Kier molecular flexibility index (Phi) is 6.22. The van der Waals surface area contributed by atoms with Gasteiger partial charge in [0.1, 0.15) is 17.3 Å². The maximum atomic E-state index is 10.8. The van der Waals surface area contributed by atoms with Crippen LogP contribution >= 0.6 is 0 Å². The first kappa shape index (κ1) is 24.5. The minimum atomic E-state index is -6.41. The Balaban J connectivity index is 1.02. The van der Waals surface area contributed by atoms with Gasteiger partial charge in [-0.15, -0.1) is 0 Å². The lowest BCUT2D eigenvalue weighted by atomic mass is 9.95. The summed E-state index contributed by atoms with van der Waals surface area (Å²) in [6, 6.07) is 1.12. The Bertz CT molecular complexity index is 6140. The molecule has 0 aliphatic rings. The van der Waals surface area contributed by atoms with Gasteiger partial charge in [0.25, 0.3) is 6.33 Å². The molecule has 374 valence electrons. The van der Waals surface area contributed by atoms with Crippen molar-refractivity contribution in [2.45, 2.75) is 6.85 Å².